The zero-order chi connectivity index (χ0) is 15.9. The fourth-order valence-electron chi connectivity index (χ4n) is 2.72. The van der Waals surface area contributed by atoms with E-state index in [9.17, 15) is 4.79 Å². The van der Waals surface area contributed by atoms with Gasteiger partial charge in [0.2, 0.25) is 13.9 Å². The van der Waals surface area contributed by atoms with E-state index in [1.165, 1.54) is 37.1 Å². The predicted molar refractivity (Wildman–Crippen MR) is 97.4 cm³/mol. The van der Waals surface area contributed by atoms with Crippen LogP contribution in [0.2, 0.25) is 0 Å². The molecule has 1 heterocycles. The van der Waals surface area contributed by atoms with Crippen molar-refractivity contribution < 1.29 is 4.79 Å². The predicted octanol–water partition coefficient (Wildman–Crippen LogP) is 4.04. The Hall–Kier alpha value is -1.36. The number of carbonyl (C=O) groups excluding carboxylic acids is 1. The minimum Gasteiger partial charge on any atom is -0.402 e. The number of nitrogens with one attached hydrogen (secondary N) is 1. The fraction of sp³-hybridized carbons (Fsp3) is 0.529. The van der Waals surface area contributed by atoms with Crippen molar-refractivity contribution in [2.45, 2.75) is 58.3 Å². The van der Waals surface area contributed by atoms with Crippen LogP contribution >= 0.6 is 11.3 Å². The minimum absolute atomic E-state index is 0.0385. The summed E-state index contributed by atoms with van der Waals surface area (Å²) in [7, 11) is 1.66. The van der Waals surface area contributed by atoms with Crippen LogP contribution in [-0.4, -0.2) is 18.9 Å². The summed E-state index contributed by atoms with van der Waals surface area (Å²) < 4.78 is 1.11. The summed E-state index contributed by atoms with van der Waals surface area (Å²) >= 11 is 1.74. The van der Waals surface area contributed by atoms with Crippen LogP contribution in [0.25, 0.3) is 10.2 Å². The Morgan fingerprint density at radius 1 is 1.32 bits per heavy atom. The van der Waals surface area contributed by atoms with Crippen LogP contribution in [-0.2, 0) is 0 Å². The molecule has 2 rings (SSSR count). The molecule has 0 bridgehead atoms. The number of benzene rings is 1. The van der Waals surface area contributed by atoms with E-state index in [2.05, 4.69) is 19.1 Å². The van der Waals surface area contributed by atoms with E-state index in [0.29, 0.717) is 11.5 Å². The second-order valence-corrected chi connectivity index (χ2v) is 6.83. The third-order valence-electron chi connectivity index (χ3n) is 4.14. The van der Waals surface area contributed by atoms with Gasteiger partial charge in [-0.2, -0.15) is 0 Å². The summed E-state index contributed by atoms with van der Waals surface area (Å²) in [6, 6.07) is 5.77. The molecule has 1 unspecified atom stereocenters. The highest BCUT2D eigenvalue weighted by atomic mass is 32.1. The van der Waals surface area contributed by atoms with Crippen molar-refractivity contribution in [3.8, 4) is 0 Å². The quantitative estimate of drug-likeness (QED) is 0.590. The van der Waals surface area contributed by atoms with E-state index in [0.717, 1.165) is 16.6 Å². The monoisotopic (exact) mass is 316 g/mol. The molecular formula is C17H25BN2OS. The van der Waals surface area contributed by atoms with Gasteiger partial charge in [0, 0.05) is 11.5 Å². The summed E-state index contributed by atoms with van der Waals surface area (Å²) in [6.45, 7) is 4.49. The molecule has 1 amide bonds. The van der Waals surface area contributed by atoms with Crippen molar-refractivity contribution in [1.82, 2.24) is 10.2 Å². The van der Waals surface area contributed by atoms with Crippen LogP contribution in [0.5, 0.6) is 0 Å². The van der Waals surface area contributed by atoms with Gasteiger partial charge in [0.05, 0.1) is 15.2 Å². The first-order valence-electron chi connectivity index (χ1n) is 8.32. The van der Waals surface area contributed by atoms with Crippen molar-refractivity contribution in [2.75, 3.05) is 0 Å². The lowest BCUT2D eigenvalue weighted by molar-refractivity contribution is 0.0981. The Bertz CT molecular complexity index is 626. The number of hydrogen-bond donors (Lipinski definition) is 1. The van der Waals surface area contributed by atoms with Gasteiger partial charge in [-0.05, 0) is 31.0 Å². The van der Waals surface area contributed by atoms with Crippen molar-refractivity contribution in [3.05, 3.63) is 28.8 Å². The molecule has 22 heavy (non-hydrogen) atoms. The van der Waals surface area contributed by atoms with Gasteiger partial charge in [-0.1, -0.05) is 39.5 Å². The molecule has 0 spiro atoms. The third kappa shape index (κ3) is 4.10. The summed E-state index contributed by atoms with van der Waals surface area (Å²) in [6.07, 6.45) is 7.56. The SMILES string of the molecule is BNC(=O)c1ccc2nc(C(CC)CCCCCC)sc2c1. The lowest BCUT2D eigenvalue weighted by Gasteiger charge is -2.11. The van der Waals surface area contributed by atoms with E-state index in [1.807, 2.05) is 18.2 Å². The third-order valence-corrected chi connectivity index (χ3v) is 5.32. The van der Waals surface area contributed by atoms with Gasteiger partial charge >= 0.3 is 0 Å². The number of hydrogen-bond acceptors (Lipinski definition) is 3. The van der Waals surface area contributed by atoms with E-state index in [1.54, 1.807) is 19.3 Å². The minimum atomic E-state index is -0.0385. The lowest BCUT2D eigenvalue weighted by Crippen LogP contribution is -2.19. The molecule has 1 N–H and O–H groups in total. The number of fused-ring (bicyclic) bond motifs is 1. The molecule has 5 heteroatoms. The van der Waals surface area contributed by atoms with E-state index in [4.69, 9.17) is 4.98 Å². The molecule has 0 saturated heterocycles. The molecule has 0 aliphatic heterocycles. The highest BCUT2D eigenvalue weighted by Crippen LogP contribution is 2.33. The number of carbonyl (C=O) groups is 1. The van der Waals surface area contributed by atoms with Crippen molar-refractivity contribution >= 4 is 35.4 Å². The summed E-state index contributed by atoms with van der Waals surface area (Å²) in [5.41, 5.74) is 1.72. The maximum atomic E-state index is 11.7. The Morgan fingerprint density at radius 2 is 2.14 bits per heavy atom. The highest BCUT2D eigenvalue weighted by Gasteiger charge is 2.15. The van der Waals surface area contributed by atoms with Crippen LogP contribution in [0, 0.1) is 0 Å². The van der Waals surface area contributed by atoms with Crippen molar-refractivity contribution in [3.63, 3.8) is 0 Å². The zero-order valence-electron chi connectivity index (χ0n) is 13.8. The number of rotatable bonds is 8. The van der Waals surface area contributed by atoms with Crippen LogP contribution in [0.15, 0.2) is 18.2 Å². The van der Waals surface area contributed by atoms with Crippen molar-refractivity contribution in [2.24, 2.45) is 0 Å². The topological polar surface area (TPSA) is 42.0 Å². The Balaban J connectivity index is 2.14. The fourth-order valence-corrected chi connectivity index (χ4v) is 3.95. The van der Waals surface area contributed by atoms with E-state index in [-0.39, 0.29) is 5.91 Å². The molecule has 0 radical (unpaired) electrons. The van der Waals surface area contributed by atoms with Gasteiger partial charge in [0.15, 0.2) is 0 Å². The number of thiazole rings is 1. The van der Waals surface area contributed by atoms with Gasteiger partial charge in [0.1, 0.15) is 0 Å². The molecular weight excluding hydrogens is 291 g/mol. The van der Waals surface area contributed by atoms with Gasteiger partial charge < -0.3 is 5.23 Å². The van der Waals surface area contributed by atoms with Crippen LogP contribution in [0.4, 0.5) is 0 Å². The zero-order valence-corrected chi connectivity index (χ0v) is 14.6. The molecule has 0 fully saturated rings. The van der Waals surface area contributed by atoms with E-state index >= 15 is 0 Å². The van der Waals surface area contributed by atoms with Crippen LogP contribution in [0.1, 0.15) is 73.7 Å². The van der Waals surface area contributed by atoms with Crippen LogP contribution < -0.4 is 5.23 Å². The van der Waals surface area contributed by atoms with Crippen LogP contribution in [0.3, 0.4) is 0 Å². The first kappa shape index (κ1) is 17.0. The molecule has 0 aliphatic rings. The Kier molecular flexibility index (Phi) is 6.43. The Labute approximate surface area is 138 Å². The van der Waals surface area contributed by atoms with Gasteiger partial charge in [-0.25, -0.2) is 4.98 Å². The maximum Gasteiger partial charge on any atom is 0.238 e. The Morgan fingerprint density at radius 3 is 2.82 bits per heavy atom. The second kappa shape index (κ2) is 8.32. The first-order valence-corrected chi connectivity index (χ1v) is 9.13. The normalized spacial score (nSPS) is 12.5. The largest absolute Gasteiger partial charge is 0.402 e. The van der Waals surface area contributed by atoms with Crippen molar-refractivity contribution in [1.29, 1.82) is 0 Å². The van der Waals surface area contributed by atoms with Gasteiger partial charge in [0.25, 0.3) is 0 Å². The van der Waals surface area contributed by atoms with E-state index < -0.39 is 0 Å². The number of unbranched alkanes of at least 4 members (excludes halogenated alkanes) is 3. The molecule has 118 valence electrons. The number of aromatic nitrogens is 1. The number of nitrogens with zero attached hydrogens (tertiary/aromatic N) is 1. The summed E-state index contributed by atoms with van der Waals surface area (Å²) in [5.74, 6) is 0.515. The molecule has 3 nitrogen and oxygen atoms in total. The first-order chi connectivity index (χ1) is 10.7. The summed E-state index contributed by atoms with van der Waals surface area (Å²) in [5, 5.41) is 3.90. The highest BCUT2D eigenvalue weighted by molar-refractivity contribution is 7.18. The number of amides is 1. The summed E-state index contributed by atoms with van der Waals surface area (Å²) in [4.78, 5) is 16.5. The second-order valence-electron chi connectivity index (χ2n) is 5.77. The molecule has 1 aromatic carbocycles. The van der Waals surface area contributed by atoms with Gasteiger partial charge in [-0.15, -0.1) is 11.3 Å². The molecule has 0 saturated carbocycles. The molecule has 1 atom stereocenters. The lowest BCUT2D eigenvalue weighted by atomic mass is 9.99. The molecule has 0 aliphatic carbocycles. The average molecular weight is 316 g/mol. The standard InChI is InChI=1S/C17H25BN2OS/c1-3-5-6-7-8-12(4-2)17-19-14-10-9-13(16(21)20-18)11-15(14)22-17/h9-12H,3-8,18H2,1-2H3,(H,20,21). The molecule has 2 aromatic rings. The van der Waals surface area contributed by atoms with Gasteiger partial charge in [-0.3, -0.25) is 4.79 Å². The average Bonchev–Trinajstić information content (AvgIpc) is 2.96. The molecule has 1 aromatic heterocycles. The maximum absolute atomic E-state index is 11.7. The smallest absolute Gasteiger partial charge is 0.238 e.